The van der Waals surface area contributed by atoms with Crippen LogP contribution in [0.1, 0.15) is 6.92 Å². The molecule has 0 aliphatic carbocycles. The monoisotopic (exact) mass is 200 g/mol. The zero-order valence-electron chi connectivity index (χ0n) is 5.70. The molecule has 0 rings (SSSR count). The summed E-state index contributed by atoms with van der Waals surface area (Å²) >= 11 is 2.67. The van der Waals surface area contributed by atoms with E-state index in [2.05, 4.69) is 4.74 Å². The van der Waals surface area contributed by atoms with Gasteiger partial charge < -0.3 is 9.29 Å². The molecule has 0 aromatic carbocycles. The summed E-state index contributed by atoms with van der Waals surface area (Å²) in [5.41, 5.74) is -1.34. The molecule has 2 unspecified atom stereocenters. The lowest BCUT2D eigenvalue weighted by molar-refractivity contribution is -0.142. The lowest BCUT2D eigenvalue weighted by Crippen LogP contribution is -2.34. The first-order chi connectivity index (χ1) is 5.07. The van der Waals surface area contributed by atoms with Gasteiger partial charge in [-0.15, -0.1) is 0 Å². The van der Waals surface area contributed by atoms with Gasteiger partial charge in [0.1, 0.15) is 0 Å². The van der Waals surface area contributed by atoms with Crippen LogP contribution in [0.2, 0.25) is 0 Å². The SMILES string of the molecule is CCOC(=O)C(Cl)NS(=O)[O-]. The number of nitrogens with one attached hydrogen (secondary N) is 1. The van der Waals surface area contributed by atoms with Crippen LogP contribution in [-0.2, 0) is 20.8 Å². The lowest BCUT2D eigenvalue weighted by atomic mass is 10.7. The van der Waals surface area contributed by atoms with Gasteiger partial charge in [-0.3, -0.25) is 4.21 Å². The van der Waals surface area contributed by atoms with Crippen molar-refractivity contribution >= 4 is 28.8 Å². The smallest absolute Gasteiger partial charge is 0.339 e. The molecule has 7 heteroatoms. The summed E-state index contributed by atoms with van der Waals surface area (Å²) in [5, 5.41) is 0. The van der Waals surface area contributed by atoms with Gasteiger partial charge in [-0.05, 0) is 6.92 Å². The van der Waals surface area contributed by atoms with Crippen LogP contribution in [0.15, 0.2) is 0 Å². The minimum absolute atomic E-state index is 0.162. The lowest BCUT2D eigenvalue weighted by Gasteiger charge is -2.11. The molecule has 0 bridgehead atoms. The fourth-order valence-corrected chi connectivity index (χ4v) is 0.894. The van der Waals surface area contributed by atoms with Crippen LogP contribution in [0.5, 0.6) is 0 Å². The van der Waals surface area contributed by atoms with E-state index in [1.165, 1.54) is 0 Å². The third kappa shape index (κ3) is 5.14. The van der Waals surface area contributed by atoms with Crippen molar-refractivity contribution in [2.24, 2.45) is 0 Å². The third-order valence-corrected chi connectivity index (χ3v) is 1.54. The van der Waals surface area contributed by atoms with Gasteiger partial charge in [-0.25, -0.2) is 9.52 Å². The van der Waals surface area contributed by atoms with E-state index in [0.717, 1.165) is 0 Å². The van der Waals surface area contributed by atoms with Crippen molar-refractivity contribution in [1.29, 1.82) is 0 Å². The average molecular weight is 201 g/mol. The number of esters is 1. The molecule has 0 saturated carbocycles. The van der Waals surface area contributed by atoms with Crippen molar-refractivity contribution in [3.63, 3.8) is 0 Å². The van der Waals surface area contributed by atoms with Crippen LogP contribution in [0.3, 0.4) is 0 Å². The summed E-state index contributed by atoms with van der Waals surface area (Å²) < 4.78 is 26.0. The molecule has 0 fully saturated rings. The predicted octanol–water partition coefficient (Wildman–Crippen LogP) is -0.502. The zero-order valence-corrected chi connectivity index (χ0v) is 7.28. The van der Waals surface area contributed by atoms with Crippen molar-refractivity contribution in [1.82, 2.24) is 4.72 Å². The van der Waals surface area contributed by atoms with E-state index in [1.807, 2.05) is 0 Å². The largest absolute Gasteiger partial charge is 0.760 e. The first-order valence-electron chi connectivity index (χ1n) is 2.74. The van der Waals surface area contributed by atoms with Crippen LogP contribution in [0.25, 0.3) is 0 Å². The Morgan fingerprint density at radius 3 is 2.82 bits per heavy atom. The standard InChI is InChI=1S/C4H8ClNO4S/c1-2-10-4(7)3(5)6-11(8)9/h3,6H,2H2,1H3,(H,8,9)/p-1. The Bertz CT molecular complexity index is 164. The summed E-state index contributed by atoms with van der Waals surface area (Å²) in [4.78, 5) is 10.6. The Morgan fingerprint density at radius 2 is 2.45 bits per heavy atom. The minimum Gasteiger partial charge on any atom is -0.760 e. The number of carbonyl (C=O) groups excluding carboxylic acids is 1. The van der Waals surface area contributed by atoms with Gasteiger partial charge in [0.15, 0.2) is 5.50 Å². The Kier molecular flexibility index (Phi) is 5.39. The normalized spacial score (nSPS) is 15.5. The maximum absolute atomic E-state index is 10.6. The Balaban J connectivity index is 3.73. The fraction of sp³-hybridized carbons (Fsp3) is 0.750. The topological polar surface area (TPSA) is 78.5 Å². The molecule has 0 spiro atoms. The van der Waals surface area contributed by atoms with Crippen LogP contribution < -0.4 is 4.72 Å². The highest BCUT2D eigenvalue weighted by Crippen LogP contribution is 1.94. The summed E-state index contributed by atoms with van der Waals surface area (Å²) in [7, 11) is 0. The molecule has 1 N–H and O–H groups in total. The quantitative estimate of drug-likeness (QED) is 0.287. The highest BCUT2D eigenvalue weighted by molar-refractivity contribution is 7.77. The highest BCUT2D eigenvalue weighted by Gasteiger charge is 2.14. The molecule has 0 aromatic heterocycles. The first-order valence-corrected chi connectivity index (χ1v) is 4.25. The number of alkyl halides is 1. The molecule has 0 aliphatic rings. The van der Waals surface area contributed by atoms with Crippen molar-refractivity contribution in [2.75, 3.05) is 6.61 Å². The Morgan fingerprint density at radius 1 is 1.91 bits per heavy atom. The second kappa shape index (κ2) is 5.48. The van der Waals surface area contributed by atoms with E-state index in [9.17, 15) is 13.6 Å². The number of carbonyl (C=O) groups is 1. The molecule has 66 valence electrons. The van der Waals surface area contributed by atoms with Gasteiger partial charge in [0, 0.05) is 11.3 Å². The molecule has 2 atom stereocenters. The van der Waals surface area contributed by atoms with Crippen LogP contribution in [0.4, 0.5) is 0 Å². The van der Waals surface area contributed by atoms with E-state index in [-0.39, 0.29) is 6.61 Å². The Labute approximate surface area is 71.5 Å². The van der Waals surface area contributed by atoms with Gasteiger partial charge in [-0.1, -0.05) is 11.6 Å². The molecule has 0 saturated heterocycles. The van der Waals surface area contributed by atoms with Gasteiger partial charge in [0.2, 0.25) is 0 Å². The second-order valence-corrected chi connectivity index (χ2v) is 2.61. The number of hydrogen-bond donors (Lipinski definition) is 1. The molecule has 0 heterocycles. The molecular formula is C4H7ClNO4S-. The Hall–Kier alpha value is -0.170. The molecule has 5 nitrogen and oxygen atoms in total. The van der Waals surface area contributed by atoms with Gasteiger partial charge in [-0.2, -0.15) is 0 Å². The number of halogens is 1. The molecule has 0 amide bonds. The van der Waals surface area contributed by atoms with E-state index >= 15 is 0 Å². The second-order valence-electron chi connectivity index (χ2n) is 1.47. The molecule has 0 radical (unpaired) electrons. The van der Waals surface area contributed by atoms with Crippen LogP contribution in [-0.4, -0.2) is 26.8 Å². The van der Waals surface area contributed by atoms with Gasteiger partial charge in [0.05, 0.1) is 6.61 Å². The van der Waals surface area contributed by atoms with Crippen molar-refractivity contribution in [3.8, 4) is 0 Å². The first kappa shape index (κ1) is 10.8. The average Bonchev–Trinajstić information content (AvgIpc) is 1.86. The number of hydrogen-bond acceptors (Lipinski definition) is 4. The summed E-state index contributed by atoms with van der Waals surface area (Å²) in [6.07, 6.45) is 0. The zero-order chi connectivity index (χ0) is 8.85. The number of ether oxygens (including phenoxy) is 1. The summed E-state index contributed by atoms with van der Waals surface area (Å²) in [6.45, 7) is 1.75. The summed E-state index contributed by atoms with van der Waals surface area (Å²) in [6, 6.07) is 0. The van der Waals surface area contributed by atoms with E-state index in [1.54, 1.807) is 11.6 Å². The van der Waals surface area contributed by atoms with E-state index in [4.69, 9.17) is 11.6 Å². The predicted molar refractivity (Wildman–Crippen MR) is 38.3 cm³/mol. The number of rotatable bonds is 4. The van der Waals surface area contributed by atoms with Crippen LogP contribution >= 0.6 is 11.6 Å². The molecule has 0 aliphatic heterocycles. The minimum atomic E-state index is -2.55. The van der Waals surface area contributed by atoms with Crippen molar-refractivity contribution in [3.05, 3.63) is 0 Å². The van der Waals surface area contributed by atoms with E-state index in [0.29, 0.717) is 0 Å². The van der Waals surface area contributed by atoms with E-state index < -0.39 is 22.7 Å². The van der Waals surface area contributed by atoms with Crippen molar-refractivity contribution in [2.45, 2.75) is 12.4 Å². The maximum atomic E-state index is 10.6. The third-order valence-electron chi connectivity index (χ3n) is 0.693. The molecule has 0 aromatic rings. The molecule has 11 heavy (non-hydrogen) atoms. The van der Waals surface area contributed by atoms with Crippen molar-refractivity contribution < 1.29 is 18.3 Å². The fourth-order valence-electron chi connectivity index (χ4n) is 0.348. The summed E-state index contributed by atoms with van der Waals surface area (Å²) in [5.74, 6) is -0.807. The maximum Gasteiger partial charge on any atom is 0.339 e. The van der Waals surface area contributed by atoms with Crippen LogP contribution in [0, 0.1) is 0 Å². The van der Waals surface area contributed by atoms with Gasteiger partial charge in [0.25, 0.3) is 0 Å². The highest BCUT2D eigenvalue weighted by atomic mass is 35.5. The molecular weight excluding hydrogens is 194 g/mol. The van der Waals surface area contributed by atoms with Gasteiger partial charge >= 0.3 is 5.97 Å².